The number of halogens is 1. The first-order chi connectivity index (χ1) is 12.4. The number of rotatable bonds is 6. The average molecular weight is 408 g/mol. The van der Waals surface area contributed by atoms with E-state index in [1.54, 1.807) is 6.07 Å². The second-order valence-corrected chi connectivity index (χ2v) is 9.23. The van der Waals surface area contributed by atoms with Crippen molar-refractivity contribution in [3.05, 3.63) is 86.6 Å². The third-order valence-corrected chi connectivity index (χ3v) is 6.90. The molecule has 0 saturated carbocycles. The Hall–Kier alpha value is -1.70. The fraction of sp³-hybridized carbons (Fsp3) is 0.158. The van der Waals surface area contributed by atoms with E-state index < -0.39 is 16.1 Å². The second kappa shape index (κ2) is 7.90. The van der Waals surface area contributed by atoms with Crippen molar-refractivity contribution in [3.63, 3.8) is 0 Å². The van der Waals surface area contributed by atoms with E-state index in [0.717, 1.165) is 20.9 Å². The molecule has 0 bridgehead atoms. The molecule has 1 atom stereocenters. The van der Waals surface area contributed by atoms with Crippen LogP contribution in [0.25, 0.3) is 0 Å². The van der Waals surface area contributed by atoms with Gasteiger partial charge in [0.2, 0.25) is 10.0 Å². The van der Waals surface area contributed by atoms with Gasteiger partial charge in [-0.1, -0.05) is 48.0 Å². The van der Waals surface area contributed by atoms with Gasteiger partial charge in [0.1, 0.15) is 6.10 Å². The molecule has 2 aromatic carbocycles. The normalized spacial score (nSPS) is 12.9. The summed E-state index contributed by atoms with van der Waals surface area (Å²) in [5, 5.41) is 10.8. The van der Waals surface area contributed by atoms with Gasteiger partial charge in [-0.05, 0) is 42.3 Å². The average Bonchev–Trinajstić information content (AvgIpc) is 3.11. The Kier molecular flexibility index (Phi) is 5.79. The van der Waals surface area contributed by atoms with Crippen LogP contribution in [0, 0.1) is 6.92 Å². The molecule has 0 aliphatic carbocycles. The molecule has 3 aromatic rings. The lowest BCUT2D eigenvalue weighted by Gasteiger charge is -2.09. The molecule has 2 N–H and O–H groups in total. The highest BCUT2D eigenvalue weighted by molar-refractivity contribution is 7.89. The van der Waals surface area contributed by atoms with Crippen LogP contribution in [0.2, 0.25) is 5.02 Å². The van der Waals surface area contributed by atoms with E-state index >= 15 is 0 Å². The van der Waals surface area contributed by atoms with E-state index in [1.165, 1.54) is 23.5 Å². The van der Waals surface area contributed by atoms with Gasteiger partial charge in [-0.15, -0.1) is 11.3 Å². The number of thiophene rings is 1. The van der Waals surface area contributed by atoms with Gasteiger partial charge in [0.05, 0.1) is 4.90 Å². The van der Waals surface area contributed by atoms with Gasteiger partial charge in [0.15, 0.2) is 0 Å². The lowest BCUT2D eigenvalue weighted by atomic mass is 10.1. The number of aliphatic hydroxyl groups is 1. The van der Waals surface area contributed by atoms with Crippen LogP contribution >= 0.6 is 22.9 Å². The van der Waals surface area contributed by atoms with E-state index in [9.17, 15) is 13.5 Å². The molecule has 0 fully saturated rings. The first-order valence-corrected chi connectivity index (χ1v) is 10.6. The number of hydrogen-bond donors (Lipinski definition) is 2. The third-order valence-electron chi connectivity index (χ3n) is 3.96. The Morgan fingerprint density at radius 1 is 1.12 bits per heavy atom. The number of aryl methyl sites for hydroxylation is 1. The van der Waals surface area contributed by atoms with E-state index in [1.807, 2.05) is 49.4 Å². The van der Waals surface area contributed by atoms with Crippen LogP contribution in [-0.4, -0.2) is 13.5 Å². The van der Waals surface area contributed by atoms with Gasteiger partial charge >= 0.3 is 0 Å². The van der Waals surface area contributed by atoms with E-state index in [4.69, 9.17) is 11.6 Å². The lowest BCUT2D eigenvalue weighted by Crippen LogP contribution is -2.22. The minimum absolute atomic E-state index is 0.134. The predicted octanol–water partition coefficient (Wildman–Crippen LogP) is 4.27. The minimum Gasteiger partial charge on any atom is -0.383 e. The lowest BCUT2D eigenvalue weighted by molar-refractivity contribution is 0.224. The van der Waals surface area contributed by atoms with Crippen molar-refractivity contribution in [3.8, 4) is 0 Å². The largest absolute Gasteiger partial charge is 0.383 e. The zero-order valence-corrected chi connectivity index (χ0v) is 16.4. The van der Waals surface area contributed by atoms with Crippen molar-refractivity contribution >= 4 is 33.0 Å². The highest BCUT2D eigenvalue weighted by atomic mass is 35.5. The Morgan fingerprint density at radius 3 is 2.54 bits per heavy atom. The summed E-state index contributed by atoms with van der Waals surface area (Å²) >= 11 is 7.39. The van der Waals surface area contributed by atoms with E-state index in [2.05, 4.69) is 4.72 Å². The van der Waals surface area contributed by atoms with Crippen LogP contribution in [0.15, 0.2) is 65.6 Å². The molecule has 1 unspecified atom stereocenters. The number of hydrogen-bond acceptors (Lipinski definition) is 4. The zero-order valence-electron chi connectivity index (χ0n) is 14.0. The summed E-state index contributed by atoms with van der Waals surface area (Å²) in [5.74, 6) is 0. The molecule has 0 radical (unpaired) electrons. The maximum absolute atomic E-state index is 12.4. The van der Waals surface area contributed by atoms with Gasteiger partial charge < -0.3 is 5.11 Å². The SMILES string of the molecule is Cc1ccc(S(=O)(=O)NCc2ccc(C(O)c3ccccc3)s2)cc1Cl. The van der Waals surface area contributed by atoms with Crippen LogP contribution in [0.1, 0.15) is 27.0 Å². The number of sulfonamides is 1. The molecular weight excluding hydrogens is 390 g/mol. The Balaban J connectivity index is 1.70. The smallest absolute Gasteiger partial charge is 0.240 e. The summed E-state index contributed by atoms with van der Waals surface area (Å²) in [6.07, 6.45) is -0.720. The van der Waals surface area contributed by atoms with E-state index in [0.29, 0.717) is 5.02 Å². The molecule has 0 aliphatic rings. The topological polar surface area (TPSA) is 66.4 Å². The molecule has 3 rings (SSSR count). The van der Waals surface area contributed by atoms with E-state index in [-0.39, 0.29) is 11.4 Å². The summed E-state index contributed by atoms with van der Waals surface area (Å²) in [6, 6.07) is 17.6. The zero-order chi connectivity index (χ0) is 18.7. The first kappa shape index (κ1) is 19.1. The molecule has 1 aromatic heterocycles. The van der Waals surface area contributed by atoms with Gasteiger partial charge in [-0.25, -0.2) is 13.1 Å². The molecular formula is C19H18ClNO3S2. The quantitative estimate of drug-likeness (QED) is 0.641. The number of aliphatic hydroxyl groups excluding tert-OH is 1. The molecule has 4 nitrogen and oxygen atoms in total. The molecule has 1 heterocycles. The summed E-state index contributed by atoms with van der Waals surface area (Å²) < 4.78 is 27.4. The summed E-state index contributed by atoms with van der Waals surface area (Å²) in [4.78, 5) is 1.72. The summed E-state index contributed by atoms with van der Waals surface area (Å²) in [5.41, 5.74) is 1.62. The molecule has 136 valence electrons. The molecule has 0 spiro atoms. The maximum Gasteiger partial charge on any atom is 0.240 e. The second-order valence-electron chi connectivity index (χ2n) is 5.85. The third kappa shape index (κ3) is 4.34. The number of nitrogens with one attached hydrogen (secondary N) is 1. The summed E-state index contributed by atoms with van der Waals surface area (Å²) in [6.45, 7) is 1.97. The van der Waals surface area contributed by atoms with Crippen LogP contribution in [0.5, 0.6) is 0 Å². The van der Waals surface area contributed by atoms with Crippen molar-refractivity contribution in [2.75, 3.05) is 0 Å². The molecule has 0 saturated heterocycles. The number of benzene rings is 2. The minimum atomic E-state index is -3.65. The van der Waals surface area contributed by atoms with Gasteiger partial charge in [-0.2, -0.15) is 0 Å². The fourth-order valence-corrected chi connectivity index (χ4v) is 4.76. The first-order valence-electron chi connectivity index (χ1n) is 7.94. The molecule has 0 amide bonds. The van der Waals surface area contributed by atoms with Crippen molar-refractivity contribution in [1.29, 1.82) is 0 Å². The monoisotopic (exact) mass is 407 g/mol. The fourth-order valence-electron chi connectivity index (χ4n) is 2.43. The van der Waals surface area contributed by atoms with Crippen molar-refractivity contribution in [1.82, 2.24) is 4.72 Å². The van der Waals surface area contributed by atoms with Crippen LogP contribution < -0.4 is 4.72 Å². The van der Waals surface area contributed by atoms with Gasteiger partial charge in [-0.3, -0.25) is 0 Å². The highest BCUT2D eigenvalue weighted by Gasteiger charge is 2.17. The van der Waals surface area contributed by atoms with Crippen molar-refractivity contribution in [2.45, 2.75) is 24.5 Å². The molecule has 0 aliphatic heterocycles. The van der Waals surface area contributed by atoms with Crippen LogP contribution in [0.4, 0.5) is 0 Å². The highest BCUT2D eigenvalue weighted by Crippen LogP contribution is 2.28. The van der Waals surface area contributed by atoms with Crippen molar-refractivity contribution < 1.29 is 13.5 Å². The Bertz CT molecular complexity index is 1000. The Morgan fingerprint density at radius 2 is 1.85 bits per heavy atom. The molecule has 7 heteroatoms. The van der Waals surface area contributed by atoms with Gasteiger partial charge in [0, 0.05) is 21.3 Å². The maximum atomic E-state index is 12.4. The van der Waals surface area contributed by atoms with Gasteiger partial charge in [0.25, 0.3) is 0 Å². The van der Waals surface area contributed by atoms with Crippen LogP contribution in [-0.2, 0) is 16.6 Å². The van der Waals surface area contributed by atoms with Crippen molar-refractivity contribution in [2.24, 2.45) is 0 Å². The van der Waals surface area contributed by atoms with Crippen LogP contribution in [0.3, 0.4) is 0 Å². The standard InChI is InChI=1S/C19H18ClNO3S2/c1-13-7-9-16(11-17(13)20)26(23,24)21-12-15-8-10-18(25-15)19(22)14-5-3-2-4-6-14/h2-11,19,21-22H,12H2,1H3. The molecule has 26 heavy (non-hydrogen) atoms. The summed E-state index contributed by atoms with van der Waals surface area (Å²) in [7, 11) is -3.65. The Labute approximate surface area is 162 Å². The predicted molar refractivity (Wildman–Crippen MR) is 105 cm³/mol.